The molecule has 0 saturated heterocycles. The first kappa shape index (κ1) is 13.7. The molecule has 0 aromatic carbocycles. The second kappa shape index (κ2) is 5.80. The van der Waals surface area contributed by atoms with Gasteiger partial charge in [-0.05, 0) is 39.7 Å². The van der Waals surface area contributed by atoms with E-state index in [1.807, 2.05) is 26.8 Å². The largest absolute Gasteiger partial charge is 0.497 e. The summed E-state index contributed by atoms with van der Waals surface area (Å²) < 4.78 is 19.9. The Hall–Kier alpha value is -0.390. The van der Waals surface area contributed by atoms with E-state index < -0.39 is 11.0 Å². The molecule has 0 bridgehead atoms. The summed E-state index contributed by atoms with van der Waals surface area (Å²) in [7, 11) is -1.18. The monoisotopic (exact) mass is 247 g/mol. The van der Waals surface area contributed by atoms with Crippen molar-refractivity contribution in [3.8, 4) is 0 Å². The molecule has 0 aromatic heterocycles. The zero-order valence-corrected chi connectivity index (χ0v) is 10.9. The predicted octanol–water partition coefficient (Wildman–Crippen LogP) is 1.09. The first-order valence-electron chi connectivity index (χ1n) is 5.54. The molecule has 0 spiro atoms. The molecule has 1 rings (SSSR count). The minimum atomic E-state index is -1.18. The maximum absolute atomic E-state index is 11.9. The summed E-state index contributed by atoms with van der Waals surface area (Å²) in [6, 6.07) is -0.273. The molecule has 1 aliphatic heterocycles. The molecule has 1 aliphatic rings. The van der Waals surface area contributed by atoms with Gasteiger partial charge < -0.3 is 9.84 Å². The van der Waals surface area contributed by atoms with E-state index in [2.05, 4.69) is 4.72 Å². The Kier molecular flexibility index (Phi) is 4.95. The molecule has 16 heavy (non-hydrogen) atoms. The average molecular weight is 247 g/mol. The fraction of sp³-hybridized carbons (Fsp3) is 0.818. The highest BCUT2D eigenvalue weighted by Gasteiger charge is 2.28. The van der Waals surface area contributed by atoms with E-state index in [0.717, 1.165) is 12.8 Å². The first-order valence-corrected chi connectivity index (χ1v) is 6.69. The van der Waals surface area contributed by atoms with Crippen LogP contribution in [0.1, 0.15) is 33.6 Å². The van der Waals surface area contributed by atoms with Gasteiger partial charge in [0.05, 0.1) is 34.6 Å². The van der Waals surface area contributed by atoms with Gasteiger partial charge in [-0.25, -0.2) is 8.93 Å². The van der Waals surface area contributed by atoms with Gasteiger partial charge in [0.25, 0.3) is 0 Å². The predicted molar refractivity (Wildman–Crippen MR) is 65.2 cm³/mol. The van der Waals surface area contributed by atoms with Gasteiger partial charge in [-0.3, -0.25) is 0 Å². The summed E-state index contributed by atoms with van der Waals surface area (Å²) in [5.74, 6) is 0. The molecule has 1 heterocycles. The van der Waals surface area contributed by atoms with Crippen molar-refractivity contribution in [1.82, 2.24) is 4.72 Å². The van der Waals surface area contributed by atoms with Crippen molar-refractivity contribution in [2.45, 2.75) is 50.5 Å². The van der Waals surface area contributed by atoms with E-state index in [9.17, 15) is 9.32 Å². The van der Waals surface area contributed by atoms with Crippen LogP contribution >= 0.6 is 0 Å². The molecule has 2 N–H and O–H groups in total. The molecule has 5 heteroatoms. The van der Waals surface area contributed by atoms with E-state index in [1.165, 1.54) is 0 Å². The van der Waals surface area contributed by atoms with Gasteiger partial charge in [0.15, 0.2) is 0 Å². The molecule has 94 valence electrons. The molecule has 0 amide bonds. The summed E-state index contributed by atoms with van der Waals surface area (Å²) in [6.07, 6.45) is 5.28. The van der Waals surface area contributed by atoms with Gasteiger partial charge in [-0.2, -0.15) is 0 Å². The lowest BCUT2D eigenvalue weighted by Crippen LogP contribution is -2.48. The zero-order chi connectivity index (χ0) is 12.2. The van der Waals surface area contributed by atoms with Gasteiger partial charge in [0.2, 0.25) is 0 Å². The molecule has 1 unspecified atom stereocenters. The van der Waals surface area contributed by atoms with E-state index in [4.69, 9.17) is 4.74 Å². The van der Waals surface area contributed by atoms with E-state index in [-0.39, 0.29) is 23.5 Å². The molecule has 0 saturated carbocycles. The van der Waals surface area contributed by atoms with Gasteiger partial charge in [-0.15, -0.1) is 0 Å². The van der Waals surface area contributed by atoms with Gasteiger partial charge in [0, 0.05) is 0 Å². The summed E-state index contributed by atoms with van der Waals surface area (Å²) >= 11 is 0. The Morgan fingerprint density at radius 1 is 1.62 bits per heavy atom. The highest BCUT2D eigenvalue weighted by Crippen LogP contribution is 2.16. The van der Waals surface area contributed by atoms with Gasteiger partial charge in [-0.1, -0.05) is 0 Å². The van der Waals surface area contributed by atoms with Crippen molar-refractivity contribution in [3.63, 3.8) is 0 Å². The van der Waals surface area contributed by atoms with Crippen LogP contribution in [0.3, 0.4) is 0 Å². The van der Waals surface area contributed by atoms with E-state index in [0.29, 0.717) is 0 Å². The summed E-state index contributed by atoms with van der Waals surface area (Å²) in [5.41, 5.74) is 0. The van der Waals surface area contributed by atoms with Crippen LogP contribution in [0.5, 0.6) is 0 Å². The van der Waals surface area contributed by atoms with Crippen LogP contribution in [-0.2, 0) is 15.7 Å². The molecular formula is C11H21NO3S. The van der Waals surface area contributed by atoms with Crippen LogP contribution in [0.4, 0.5) is 0 Å². The Labute approximate surface area is 99.7 Å². The minimum absolute atomic E-state index is 0.0691. The van der Waals surface area contributed by atoms with Gasteiger partial charge in [0.1, 0.15) is 6.10 Å². The standard InChI is InChI=1S/C11H21NO3S/c1-11(2,3)16(14)12-9(8-13)10-6-4-5-7-15-10/h5,7,9-10,12-13H,4,6,8H2,1-3H3/t9-,10+,16?/m1/s1. The number of rotatable bonds is 4. The number of nitrogens with one attached hydrogen (secondary N) is 1. The second-order valence-electron chi connectivity index (χ2n) is 4.91. The van der Waals surface area contributed by atoms with Crippen molar-refractivity contribution in [3.05, 3.63) is 12.3 Å². The molecule has 0 aromatic rings. The Morgan fingerprint density at radius 3 is 2.75 bits per heavy atom. The minimum Gasteiger partial charge on any atom is -0.497 e. The van der Waals surface area contributed by atoms with Crippen molar-refractivity contribution in [2.75, 3.05) is 6.61 Å². The van der Waals surface area contributed by atoms with Crippen molar-refractivity contribution in [1.29, 1.82) is 0 Å². The smallest absolute Gasteiger partial charge is 0.117 e. The summed E-state index contributed by atoms with van der Waals surface area (Å²) in [4.78, 5) is 0. The molecular weight excluding hydrogens is 226 g/mol. The highest BCUT2D eigenvalue weighted by molar-refractivity contribution is 7.84. The maximum Gasteiger partial charge on any atom is 0.117 e. The van der Waals surface area contributed by atoms with Crippen molar-refractivity contribution < 1.29 is 14.1 Å². The molecule has 4 nitrogen and oxygen atoms in total. The van der Waals surface area contributed by atoms with E-state index in [1.54, 1.807) is 6.26 Å². The number of ether oxygens (including phenoxy) is 1. The van der Waals surface area contributed by atoms with E-state index >= 15 is 0 Å². The van der Waals surface area contributed by atoms with Crippen LogP contribution in [0.15, 0.2) is 12.3 Å². The third-order valence-corrected chi connectivity index (χ3v) is 4.06. The van der Waals surface area contributed by atoms with Crippen LogP contribution in [-0.4, -0.2) is 32.8 Å². The number of aliphatic hydroxyl groups excluding tert-OH is 1. The number of allylic oxidation sites excluding steroid dienone is 1. The van der Waals surface area contributed by atoms with Crippen LogP contribution in [0.2, 0.25) is 0 Å². The fourth-order valence-corrected chi connectivity index (χ4v) is 2.25. The summed E-state index contributed by atoms with van der Waals surface area (Å²) in [6.45, 7) is 5.62. The average Bonchev–Trinajstić information content (AvgIpc) is 2.25. The third kappa shape index (κ3) is 3.88. The number of hydrogen-bond acceptors (Lipinski definition) is 3. The zero-order valence-electron chi connectivity index (χ0n) is 10.1. The Balaban J connectivity index is 2.55. The third-order valence-electron chi connectivity index (χ3n) is 2.43. The quantitative estimate of drug-likeness (QED) is 0.782. The van der Waals surface area contributed by atoms with Crippen LogP contribution in [0.25, 0.3) is 0 Å². The highest BCUT2D eigenvalue weighted by atomic mass is 32.2. The topological polar surface area (TPSA) is 58.6 Å². The number of aliphatic hydroxyl groups is 1. The number of hydrogen-bond donors (Lipinski definition) is 2. The SMILES string of the molecule is CC(C)(C)S(=O)N[C@H](CO)[C@@H]1CCC=CO1. The first-order chi connectivity index (χ1) is 7.45. The molecule has 0 radical (unpaired) electrons. The molecule has 0 aliphatic carbocycles. The maximum atomic E-state index is 11.9. The fourth-order valence-electron chi connectivity index (χ4n) is 1.39. The Morgan fingerprint density at radius 2 is 2.31 bits per heavy atom. The molecule has 0 fully saturated rings. The lowest BCUT2D eigenvalue weighted by molar-refractivity contribution is 0.0688. The summed E-state index contributed by atoms with van der Waals surface area (Å²) in [5, 5.41) is 9.29. The second-order valence-corrected chi connectivity index (χ2v) is 6.91. The lowest BCUT2D eigenvalue weighted by atomic mass is 10.1. The van der Waals surface area contributed by atoms with Gasteiger partial charge >= 0.3 is 0 Å². The normalized spacial score (nSPS) is 24.9. The van der Waals surface area contributed by atoms with Crippen molar-refractivity contribution >= 4 is 11.0 Å². The molecule has 3 atom stereocenters. The van der Waals surface area contributed by atoms with Crippen LogP contribution in [0, 0.1) is 0 Å². The van der Waals surface area contributed by atoms with Crippen LogP contribution < -0.4 is 4.72 Å². The van der Waals surface area contributed by atoms with Crippen molar-refractivity contribution in [2.24, 2.45) is 0 Å². The lowest BCUT2D eigenvalue weighted by Gasteiger charge is -2.29. The Bertz CT molecular complexity index is 273.